The SMILES string of the molecule is CNC1CCCCc2c1cnn2Cc1ccc(Br)cc1. The van der Waals surface area contributed by atoms with E-state index in [1.54, 1.807) is 0 Å². The molecule has 1 N–H and O–H groups in total. The molecule has 3 nitrogen and oxygen atoms in total. The molecule has 0 aliphatic heterocycles. The first-order valence-corrected chi connectivity index (χ1v) is 8.03. The summed E-state index contributed by atoms with van der Waals surface area (Å²) >= 11 is 3.48. The number of hydrogen-bond donors (Lipinski definition) is 1. The maximum absolute atomic E-state index is 4.62. The molecule has 3 rings (SSSR count). The van der Waals surface area contributed by atoms with E-state index < -0.39 is 0 Å². The van der Waals surface area contributed by atoms with E-state index >= 15 is 0 Å². The van der Waals surface area contributed by atoms with Crippen LogP contribution in [0.5, 0.6) is 0 Å². The lowest BCUT2D eigenvalue weighted by Crippen LogP contribution is -2.16. The Labute approximate surface area is 128 Å². The van der Waals surface area contributed by atoms with E-state index in [9.17, 15) is 0 Å². The summed E-state index contributed by atoms with van der Waals surface area (Å²) in [6.45, 7) is 0.860. The van der Waals surface area contributed by atoms with Crippen molar-refractivity contribution in [3.05, 3.63) is 51.8 Å². The van der Waals surface area contributed by atoms with Crippen LogP contribution in [0.4, 0.5) is 0 Å². The molecule has 1 aromatic carbocycles. The van der Waals surface area contributed by atoms with Gasteiger partial charge in [0.1, 0.15) is 0 Å². The molecule has 1 aliphatic rings. The average molecular weight is 334 g/mol. The minimum atomic E-state index is 0.464. The number of aromatic nitrogens is 2. The molecular weight excluding hydrogens is 314 g/mol. The molecule has 0 fully saturated rings. The van der Waals surface area contributed by atoms with E-state index in [-0.39, 0.29) is 0 Å². The summed E-state index contributed by atoms with van der Waals surface area (Å²) in [5, 5.41) is 8.05. The summed E-state index contributed by atoms with van der Waals surface area (Å²) in [6.07, 6.45) is 6.97. The van der Waals surface area contributed by atoms with Crippen molar-refractivity contribution in [3.8, 4) is 0 Å². The van der Waals surface area contributed by atoms with Gasteiger partial charge in [-0.1, -0.05) is 34.5 Å². The first kappa shape index (κ1) is 13.8. The lowest BCUT2D eigenvalue weighted by molar-refractivity contribution is 0.532. The van der Waals surface area contributed by atoms with Gasteiger partial charge in [-0.15, -0.1) is 0 Å². The number of halogens is 1. The van der Waals surface area contributed by atoms with Gasteiger partial charge in [0.05, 0.1) is 12.7 Å². The third-order valence-corrected chi connectivity index (χ3v) is 4.64. The van der Waals surface area contributed by atoms with E-state index in [1.807, 2.05) is 7.05 Å². The summed E-state index contributed by atoms with van der Waals surface area (Å²) in [5.74, 6) is 0. The normalized spacial score (nSPS) is 18.6. The number of benzene rings is 1. The molecule has 1 unspecified atom stereocenters. The van der Waals surface area contributed by atoms with Gasteiger partial charge >= 0.3 is 0 Å². The minimum Gasteiger partial charge on any atom is -0.313 e. The lowest BCUT2D eigenvalue weighted by Gasteiger charge is -2.13. The quantitative estimate of drug-likeness (QED) is 0.868. The zero-order chi connectivity index (χ0) is 13.9. The molecule has 0 spiro atoms. The van der Waals surface area contributed by atoms with Crippen molar-refractivity contribution in [1.82, 2.24) is 15.1 Å². The second-order valence-corrected chi connectivity index (χ2v) is 6.33. The van der Waals surface area contributed by atoms with Gasteiger partial charge in [-0.05, 0) is 44.0 Å². The van der Waals surface area contributed by atoms with Crippen LogP contribution in [0.15, 0.2) is 34.9 Å². The summed E-state index contributed by atoms with van der Waals surface area (Å²) < 4.78 is 3.30. The van der Waals surface area contributed by atoms with Crippen LogP contribution in [0.1, 0.15) is 42.1 Å². The van der Waals surface area contributed by atoms with Gasteiger partial charge in [-0.25, -0.2) is 0 Å². The van der Waals surface area contributed by atoms with E-state index in [4.69, 9.17) is 0 Å². The van der Waals surface area contributed by atoms with Crippen LogP contribution in [-0.2, 0) is 13.0 Å². The second-order valence-electron chi connectivity index (χ2n) is 5.42. The molecule has 1 aliphatic carbocycles. The predicted molar refractivity (Wildman–Crippen MR) is 84.8 cm³/mol. The Hall–Kier alpha value is -1.13. The van der Waals surface area contributed by atoms with Crippen LogP contribution >= 0.6 is 15.9 Å². The maximum atomic E-state index is 4.62. The first-order valence-electron chi connectivity index (χ1n) is 7.24. The topological polar surface area (TPSA) is 29.9 Å². The van der Waals surface area contributed by atoms with Gasteiger partial charge in [-0.3, -0.25) is 4.68 Å². The van der Waals surface area contributed by atoms with Crippen molar-refractivity contribution in [3.63, 3.8) is 0 Å². The van der Waals surface area contributed by atoms with Gasteiger partial charge in [0, 0.05) is 21.8 Å². The molecule has 0 saturated heterocycles. The van der Waals surface area contributed by atoms with E-state index in [0.717, 1.165) is 17.4 Å². The number of nitrogens with one attached hydrogen (secondary N) is 1. The molecule has 1 heterocycles. The first-order chi connectivity index (χ1) is 9.78. The van der Waals surface area contributed by atoms with Crippen LogP contribution < -0.4 is 5.32 Å². The van der Waals surface area contributed by atoms with Crippen LogP contribution in [-0.4, -0.2) is 16.8 Å². The standard InChI is InChI=1S/C16H20BrN3/c1-18-15-4-2-3-5-16-14(15)10-19-20(16)11-12-6-8-13(17)9-7-12/h6-10,15,18H,2-5,11H2,1H3. The summed E-state index contributed by atoms with van der Waals surface area (Å²) in [4.78, 5) is 0. The maximum Gasteiger partial charge on any atom is 0.0662 e. The summed E-state index contributed by atoms with van der Waals surface area (Å²) in [6, 6.07) is 8.96. The summed E-state index contributed by atoms with van der Waals surface area (Å²) in [7, 11) is 2.05. The largest absolute Gasteiger partial charge is 0.313 e. The highest BCUT2D eigenvalue weighted by atomic mass is 79.9. The Kier molecular flexibility index (Phi) is 4.22. The average Bonchev–Trinajstić information content (AvgIpc) is 2.73. The zero-order valence-corrected chi connectivity index (χ0v) is 13.4. The van der Waals surface area contributed by atoms with E-state index in [1.165, 1.54) is 36.1 Å². The van der Waals surface area contributed by atoms with Crippen LogP contribution in [0, 0.1) is 0 Å². The Morgan fingerprint density at radius 2 is 2.10 bits per heavy atom. The van der Waals surface area contributed by atoms with Crippen molar-refractivity contribution in [2.75, 3.05) is 7.05 Å². The smallest absolute Gasteiger partial charge is 0.0662 e. The van der Waals surface area contributed by atoms with Crippen LogP contribution in [0.2, 0.25) is 0 Å². The molecule has 1 atom stereocenters. The molecule has 1 aromatic heterocycles. The Morgan fingerprint density at radius 3 is 2.85 bits per heavy atom. The highest BCUT2D eigenvalue weighted by Gasteiger charge is 2.21. The molecule has 0 saturated carbocycles. The van der Waals surface area contributed by atoms with Crippen molar-refractivity contribution in [2.24, 2.45) is 0 Å². The molecule has 2 aromatic rings. The Bertz CT molecular complexity index is 574. The van der Waals surface area contributed by atoms with Crippen molar-refractivity contribution in [2.45, 2.75) is 38.3 Å². The van der Waals surface area contributed by atoms with Gasteiger partial charge in [0.25, 0.3) is 0 Å². The molecular formula is C16H20BrN3. The van der Waals surface area contributed by atoms with E-state index in [2.05, 4.69) is 61.5 Å². The number of fused-ring (bicyclic) bond motifs is 1. The van der Waals surface area contributed by atoms with Gasteiger partial charge in [0.2, 0.25) is 0 Å². The summed E-state index contributed by atoms with van der Waals surface area (Å²) in [5.41, 5.74) is 4.09. The zero-order valence-electron chi connectivity index (χ0n) is 11.8. The number of hydrogen-bond acceptors (Lipinski definition) is 2. The van der Waals surface area contributed by atoms with Crippen molar-refractivity contribution < 1.29 is 0 Å². The van der Waals surface area contributed by atoms with Gasteiger partial charge in [0.15, 0.2) is 0 Å². The highest BCUT2D eigenvalue weighted by molar-refractivity contribution is 9.10. The molecule has 0 amide bonds. The molecule has 106 valence electrons. The fourth-order valence-corrected chi connectivity index (χ4v) is 3.25. The fraction of sp³-hybridized carbons (Fsp3) is 0.438. The van der Waals surface area contributed by atoms with Crippen LogP contribution in [0.25, 0.3) is 0 Å². The third kappa shape index (κ3) is 2.81. The molecule has 20 heavy (non-hydrogen) atoms. The van der Waals surface area contributed by atoms with Gasteiger partial charge in [-0.2, -0.15) is 5.10 Å². The molecule has 0 radical (unpaired) electrons. The fourth-order valence-electron chi connectivity index (χ4n) is 2.98. The predicted octanol–water partition coefficient (Wildman–Crippen LogP) is 3.68. The minimum absolute atomic E-state index is 0.464. The third-order valence-electron chi connectivity index (χ3n) is 4.11. The van der Waals surface area contributed by atoms with Crippen LogP contribution in [0.3, 0.4) is 0 Å². The van der Waals surface area contributed by atoms with Gasteiger partial charge < -0.3 is 5.32 Å². The van der Waals surface area contributed by atoms with Crippen molar-refractivity contribution >= 4 is 15.9 Å². The monoisotopic (exact) mass is 333 g/mol. The highest BCUT2D eigenvalue weighted by Crippen LogP contribution is 2.28. The second kappa shape index (κ2) is 6.10. The Morgan fingerprint density at radius 1 is 1.30 bits per heavy atom. The number of rotatable bonds is 3. The molecule has 4 heteroatoms. The Balaban J connectivity index is 1.87. The lowest BCUT2D eigenvalue weighted by atomic mass is 10.1. The molecule has 0 bridgehead atoms. The van der Waals surface area contributed by atoms with E-state index in [0.29, 0.717) is 6.04 Å². The van der Waals surface area contributed by atoms with Crippen molar-refractivity contribution in [1.29, 1.82) is 0 Å². The number of nitrogens with zero attached hydrogens (tertiary/aromatic N) is 2.